The van der Waals surface area contributed by atoms with Crippen LogP contribution in [0.2, 0.25) is 10.0 Å². The topological polar surface area (TPSA) is 34.0 Å². The van der Waals surface area contributed by atoms with Gasteiger partial charge in [0.25, 0.3) is 5.91 Å². The normalized spacial score (nSPS) is 10.9. The largest absolute Gasteiger partial charge is 0.339 e. The number of hydrogen-bond acceptors (Lipinski definition) is 1. The fourth-order valence-corrected chi connectivity index (χ4v) is 2.53. The van der Waals surface area contributed by atoms with Gasteiger partial charge in [-0.25, -0.2) is 0 Å². The molecule has 1 amide bonds. The third kappa shape index (κ3) is 3.37. The summed E-state index contributed by atoms with van der Waals surface area (Å²) in [5.74, 6) is -0.208. The highest BCUT2D eigenvalue weighted by molar-refractivity contribution is 9.10. The predicted molar refractivity (Wildman–Crippen MR) is 86.9 cm³/mol. The molecule has 20 heavy (non-hydrogen) atoms. The van der Waals surface area contributed by atoms with E-state index in [0.717, 1.165) is 4.47 Å². The van der Waals surface area contributed by atoms with Crippen LogP contribution in [0.25, 0.3) is 0 Å². The van der Waals surface area contributed by atoms with Gasteiger partial charge < -0.3 is 9.88 Å². The van der Waals surface area contributed by atoms with Crippen LogP contribution in [0.15, 0.2) is 34.9 Å². The minimum atomic E-state index is -0.208. The van der Waals surface area contributed by atoms with Gasteiger partial charge in [-0.1, -0.05) is 23.2 Å². The molecule has 0 aliphatic heterocycles. The summed E-state index contributed by atoms with van der Waals surface area (Å²) in [4.78, 5) is 12.3. The average Bonchev–Trinajstić information content (AvgIpc) is 2.76. The van der Waals surface area contributed by atoms with E-state index in [-0.39, 0.29) is 11.9 Å². The minimum Gasteiger partial charge on any atom is -0.339 e. The highest BCUT2D eigenvalue weighted by atomic mass is 79.9. The van der Waals surface area contributed by atoms with Crippen LogP contribution in [-0.2, 0) is 0 Å². The van der Waals surface area contributed by atoms with E-state index in [1.54, 1.807) is 30.5 Å². The van der Waals surface area contributed by atoms with Gasteiger partial charge in [0.2, 0.25) is 0 Å². The van der Waals surface area contributed by atoms with Crippen LogP contribution in [0.5, 0.6) is 0 Å². The summed E-state index contributed by atoms with van der Waals surface area (Å²) >= 11 is 15.2. The highest BCUT2D eigenvalue weighted by Gasteiger charge is 2.15. The summed E-state index contributed by atoms with van der Waals surface area (Å²) in [6, 6.07) is 7.03. The van der Waals surface area contributed by atoms with E-state index in [0.29, 0.717) is 21.4 Å². The van der Waals surface area contributed by atoms with Gasteiger partial charge in [0.1, 0.15) is 5.69 Å². The first-order valence-electron chi connectivity index (χ1n) is 6.02. The molecule has 2 aromatic rings. The summed E-state index contributed by atoms with van der Waals surface area (Å²) in [5.41, 5.74) is 1.19. The summed E-state index contributed by atoms with van der Waals surface area (Å²) < 4.78 is 2.57. The molecule has 106 valence electrons. The van der Waals surface area contributed by atoms with Crippen molar-refractivity contribution in [3.8, 4) is 0 Å². The Bertz CT molecular complexity index is 653. The molecular formula is C14H13BrCl2N2O. The number of halogens is 3. The molecule has 0 aliphatic carbocycles. The smallest absolute Gasteiger partial charge is 0.272 e. The van der Waals surface area contributed by atoms with Gasteiger partial charge in [-0.2, -0.15) is 0 Å². The summed E-state index contributed by atoms with van der Waals surface area (Å²) in [7, 11) is 0. The number of aromatic nitrogens is 1. The molecule has 0 aliphatic rings. The Morgan fingerprint density at radius 3 is 2.60 bits per heavy atom. The van der Waals surface area contributed by atoms with Crippen LogP contribution in [0.3, 0.4) is 0 Å². The molecular weight excluding hydrogens is 363 g/mol. The van der Waals surface area contributed by atoms with Crippen molar-refractivity contribution in [1.82, 2.24) is 4.57 Å². The summed E-state index contributed by atoms with van der Waals surface area (Å²) in [5, 5.41) is 3.96. The Morgan fingerprint density at radius 1 is 1.30 bits per heavy atom. The number of carbonyl (C=O) groups is 1. The van der Waals surface area contributed by atoms with Crippen molar-refractivity contribution in [3.05, 3.63) is 50.7 Å². The molecule has 0 spiro atoms. The van der Waals surface area contributed by atoms with Crippen LogP contribution in [-0.4, -0.2) is 10.5 Å². The Morgan fingerprint density at radius 2 is 2.00 bits per heavy atom. The zero-order valence-corrected chi connectivity index (χ0v) is 14.1. The number of carbonyl (C=O) groups excluding carboxylic acids is 1. The lowest BCUT2D eigenvalue weighted by Crippen LogP contribution is -2.17. The highest BCUT2D eigenvalue weighted by Crippen LogP contribution is 2.26. The first-order chi connectivity index (χ1) is 9.38. The monoisotopic (exact) mass is 374 g/mol. The second-order valence-electron chi connectivity index (χ2n) is 4.63. The second-order valence-corrected chi connectivity index (χ2v) is 6.33. The number of amides is 1. The second kappa shape index (κ2) is 6.20. The number of nitrogens with zero attached hydrogens (tertiary/aromatic N) is 1. The van der Waals surface area contributed by atoms with Gasteiger partial charge in [0, 0.05) is 22.4 Å². The van der Waals surface area contributed by atoms with Crippen molar-refractivity contribution >= 4 is 50.7 Å². The quantitative estimate of drug-likeness (QED) is 0.766. The molecule has 0 bridgehead atoms. The third-order valence-electron chi connectivity index (χ3n) is 2.78. The Labute approximate surface area is 136 Å². The lowest BCUT2D eigenvalue weighted by Gasteiger charge is -2.13. The Balaban J connectivity index is 2.26. The fraction of sp³-hybridized carbons (Fsp3) is 0.214. The number of benzene rings is 1. The van der Waals surface area contributed by atoms with Gasteiger partial charge in [-0.3, -0.25) is 4.79 Å². The molecule has 0 atom stereocenters. The molecule has 0 saturated heterocycles. The van der Waals surface area contributed by atoms with Crippen molar-refractivity contribution in [3.63, 3.8) is 0 Å². The molecule has 0 fully saturated rings. The van der Waals surface area contributed by atoms with Crippen LogP contribution in [0.1, 0.15) is 30.4 Å². The van der Waals surface area contributed by atoms with Crippen LogP contribution in [0.4, 0.5) is 5.69 Å². The molecule has 1 aromatic heterocycles. The Kier molecular flexibility index (Phi) is 4.78. The maximum Gasteiger partial charge on any atom is 0.272 e. The summed E-state index contributed by atoms with van der Waals surface area (Å²) in [6.45, 7) is 3.98. The Hall–Kier alpha value is -0.970. The van der Waals surface area contributed by atoms with E-state index in [4.69, 9.17) is 23.2 Å². The molecule has 0 saturated carbocycles. The molecule has 0 radical (unpaired) electrons. The van der Waals surface area contributed by atoms with E-state index in [1.807, 2.05) is 18.4 Å². The lowest BCUT2D eigenvalue weighted by atomic mass is 10.3. The molecule has 6 heteroatoms. The zero-order valence-electron chi connectivity index (χ0n) is 11.0. The van der Waals surface area contributed by atoms with E-state index >= 15 is 0 Å². The van der Waals surface area contributed by atoms with Crippen molar-refractivity contribution in [2.24, 2.45) is 0 Å². The van der Waals surface area contributed by atoms with E-state index in [2.05, 4.69) is 21.2 Å². The molecule has 1 aromatic carbocycles. The minimum absolute atomic E-state index is 0.153. The standard InChI is InChI=1S/C14H13BrCl2N2O/c1-8(2)19-7-9(16)5-13(19)14(20)18-10-3-4-12(17)11(15)6-10/h3-8H,1-2H3,(H,18,20). The number of hydrogen-bond donors (Lipinski definition) is 1. The predicted octanol–water partition coefficient (Wildman–Crippen LogP) is 5.39. The molecule has 0 unspecified atom stereocenters. The van der Waals surface area contributed by atoms with Gasteiger partial charge in [0.15, 0.2) is 0 Å². The SMILES string of the molecule is CC(C)n1cc(Cl)cc1C(=O)Nc1ccc(Cl)c(Br)c1. The lowest BCUT2D eigenvalue weighted by molar-refractivity contribution is 0.101. The molecule has 1 heterocycles. The number of anilines is 1. The number of nitrogens with one attached hydrogen (secondary N) is 1. The molecule has 3 nitrogen and oxygen atoms in total. The van der Waals surface area contributed by atoms with Crippen molar-refractivity contribution in [2.75, 3.05) is 5.32 Å². The van der Waals surface area contributed by atoms with Gasteiger partial charge in [-0.05, 0) is 54.0 Å². The van der Waals surface area contributed by atoms with Gasteiger partial charge in [-0.15, -0.1) is 0 Å². The van der Waals surface area contributed by atoms with Gasteiger partial charge in [0.05, 0.1) is 10.0 Å². The molecule has 2 rings (SSSR count). The first-order valence-corrected chi connectivity index (χ1v) is 7.57. The maximum absolute atomic E-state index is 12.3. The first kappa shape index (κ1) is 15.4. The van der Waals surface area contributed by atoms with E-state index in [9.17, 15) is 4.79 Å². The summed E-state index contributed by atoms with van der Waals surface area (Å²) in [6.07, 6.45) is 1.75. The number of rotatable bonds is 3. The van der Waals surface area contributed by atoms with E-state index < -0.39 is 0 Å². The van der Waals surface area contributed by atoms with Crippen LogP contribution >= 0.6 is 39.1 Å². The van der Waals surface area contributed by atoms with Crippen LogP contribution < -0.4 is 5.32 Å². The maximum atomic E-state index is 12.3. The van der Waals surface area contributed by atoms with Crippen molar-refractivity contribution in [2.45, 2.75) is 19.9 Å². The fourth-order valence-electron chi connectivity index (χ4n) is 1.82. The average molecular weight is 376 g/mol. The van der Waals surface area contributed by atoms with Crippen molar-refractivity contribution < 1.29 is 4.79 Å². The van der Waals surface area contributed by atoms with Crippen molar-refractivity contribution in [1.29, 1.82) is 0 Å². The molecule has 1 N–H and O–H groups in total. The van der Waals surface area contributed by atoms with E-state index in [1.165, 1.54) is 0 Å². The zero-order chi connectivity index (χ0) is 14.9. The van der Waals surface area contributed by atoms with Crippen LogP contribution in [0, 0.1) is 0 Å². The third-order valence-corrected chi connectivity index (χ3v) is 4.20. The van der Waals surface area contributed by atoms with Gasteiger partial charge >= 0.3 is 0 Å².